The lowest BCUT2D eigenvalue weighted by Crippen LogP contribution is -2.53. The van der Waals surface area contributed by atoms with Crippen molar-refractivity contribution in [3.8, 4) is 0 Å². The summed E-state index contributed by atoms with van der Waals surface area (Å²) >= 11 is 6.30. The van der Waals surface area contributed by atoms with E-state index in [-0.39, 0.29) is 18.9 Å². The number of halogens is 1. The SMILES string of the molecule is CCCCNC(=O)C(Cc1ccccc1)N(Cc1ccccc1C)C(=O)CN(c1cccc(Cl)c1C)S(C)(=O)=O. The molecule has 0 saturated heterocycles. The Morgan fingerprint density at radius 2 is 1.62 bits per heavy atom. The second-order valence-corrected chi connectivity index (χ2v) is 12.3. The van der Waals surface area contributed by atoms with Crippen molar-refractivity contribution in [1.29, 1.82) is 0 Å². The number of nitrogens with zero attached hydrogens (tertiary/aromatic N) is 2. The Morgan fingerprint density at radius 3 is 2.27 bits per heavy atom. The first kappa shape index (κ1) is 31.2. The highest BCUT2D eigenvalue weighted by atomic mass is 35.5. The molecule has 3 rings (SSSR count). The molecule has 0 aliphatic rings. The van der Waals surface area contributed by atoms with E-state index in [1.54, 1.807) is 25.1 Å². The van der Waals surface area contributed by atoms with Crippen LogP contribution < -0.4 is 9.62 Å². The summed E-state index contributed by atoms with van der Waals surface area (Å²) in [6.45, 7) is 5.87. The molecule has 0 fully saturated rings. The van der Waals surface area contributed by atoms with Gasteiger partial charge in [0.2, 0.25) is 21.8 Å². The summed E-state index contributed by atoms with van der Waals surface area (Å²) in [7, 11) is -3.86. The van der Waals surface area contributed by atoms with Gasteiger partial charge in [-0.3, -0.25) is 13.9 Å². The van der Waals surface area contributed by atoms with Crippen molar-refractivity contribution in [2.24, 2.45) is 0 Å². The monoisotopic (exact) mass is 583 g/mol. The van der Waals surface area contributed by atoms with Crippen LogP contribution in [0.3, 0.4) is 0 Å². The smallest absolute Gasteiger partial charge is 0.244 e. The standard InChI is InChI=1S/C31H38ClN3O4S/c1-5-6-19-33-31(37)29(20-25-14-8-7-9-15-25)34(21-26-16-11-10-13-23(26)2)30(36)22-35(40(4,38)39)28-18-12-17-27(32)24(28)3/h7-18,29H,5-6,19-22H2,1-4H3,(H,33,37). The molecular weight excluding hydrogens is 546 g/mol. The number of rotatable bonds is 13. The van der Waals surface area contributed by atoms with Crippen molar-refractivity contribution in [3.63, 3.8) is 0 Å². The fraction of sp³-hybridized carbons (Fsp3) is 0.355. The zero-order chi connectivity index (χ0) is 29.3. The maximum absolute atomic E-state index is 14.2. The minimum atomic E-state index is -3.86. The van der Waals surface area contributed by atoms with Crippen LogP contribution in [0.5, 0.6) is 0 Å². The van der Waals surface area contributed by atoms with Gasteiger partial charge < -0.3 is 10.2 Å². The number of carbonyl (C=O) groups excluding carboxylic acids is 2. The zero-order valence-corrected chi connectivity index (χ0v) is 25.1. The Labute approximate surface area is 243 Å². The molecule has 3 aromatic rings. The van der Waals surface area contributed by atoms with Crippen molar-refractivity contribution in [1.82, 2.24) is 10.2 Å². The fourth-order valence-corrected chi connectivity index (χ4v) is 5.56. The summed E-state index contributed by atoms with van der Waals surface area (Å²) in [6, 6.07) is 21.3. The molecule has 0 saturated carbocycles. The van der Waals surface area contributed by atoms with Crippen LogP contribution in [0.1, 0.15) is 42.0 Å². The number of nitrogens with one attached hydrogen (secondary N) is 1. The third kappa shape index (κ3) is 8.32. The molecule has 0 aliphatic carbocycles. The number of anilines is 1. The summed E-state index contributed by atoms with van der Waals surface area (Å²) in [4.78, 5) is 29.3. The summed E-state index contributed by atoms with van der Waals surface area (Å²) in [6.07, 6.45) is 3.07. The molecule has 7 nitrogen and oxygen atoms in total. The second-order valence-electron chi connectivity index (χ2n) is 9.95. The highest BCUT2D eigenvalue weighted by Gasteiger charge is 2.33. The van der Waals surface area contributed by atoms with Crippen molar-refractivity contribution in [2.45, 2.75) is 52.6 Å². The lowest BCUT2D eigenvalue weighted by atomic mass is 10.0. The maximum atomic E-state index is 14.2. The predicted molar refractivity (Wildman–Crippen MR) is 162 cm³/mol. The van der Waals surface area contributed by atoms with Crippen LogP contribution in [0, 0.1) is 13.8 Å². The quantitative estimate of drug-likeness (QED) is 0.277. The second kappa shape index (κ2) is 14.3. The zero-order valence-electron chi connectivity index (χ0n) is 23.6. The number of hydrogen-bond donors (Lipinski definition) is 1. The molecule has 0 spiro atoms. The van der Waals surface area contributed by atoms with E-state index < -0.39 is 28.5 Å². The van der Waals surface area contributed by atoms with Crippen molar-refractivity contribution in [2.75, 3.05) is 23.7 Å². The minimum absolute atomic E-state index is 0.149. The third-order valence-electron chi connectivity index (χ3n) is 6.89. The van der Waals surface area contributed by atoms with Crippen LogP contribution in [-0.4, -0.2) is 50.5 Å². The van der Waals surface area contributed by atoms with Gasteiger partial charge in [-0.05, 0) is 54.7 Å². The first-order chi connectivity index (χ1) is 19.0. The molecule has 0 aromatic heterocycles. The maximum Gasteiger partial charge on any atom is 0.244 e. The van der Waals surface area contributed by atoms with Crippen molar-refractivity contribution >= 4 is 39.1 Å². The van der Waals surface area contributed by atoms with Gasteiger partial charge >= 0.3 is 0 Å². The third-order valence-corrected chi connectivity index (χ3v) is 8.43. The van der Waals surface area contributed by atoms with Crippen LogP contribution in [0.2, 0.25) is 5.02 Å². The molecule has 9 heteroatoms. The van der Waals surface area contributed by atoms with Gasteiger partial charge in [0.25, 0.3) is 0 Å². The van der Waals surface area contributed by atoms with Crippen molar-refractivity contribution < 1.29 is 18.0 Å². The van der Waals surface area contributed by atoms with Gasteiger partial charge in [-0.15, -0.1) is 0 Å². The van der Waals surface area contributed by atoms with E-state index in [0.717, 1.165) is 40.1 Å². The summed E-state index contributed by atoms with van der Waals surface area (Å²) in [5.41, 5.74) is 3.61. The summed E-state index contributed by atoms with van der Waals surface area (Å²) in [5.74, 6) is -0.760. The van der Waals surface area contributed by atoms with E-state index in [9.17, 15) is 18.0 Å². The Hall–Kier alpha value is -3.36. The van der Waals surface area contributed by atoms with E-state index in [2.05, 4.69) is 5.32 Å². The molecule has 0 heterocycles. The highest BCUT2D eigenvalue weighted by Crippen LogP contribution is 2.28. The van der Waals surface area contributed by atoms with Gasteiger partial charge in [-0.25, -0.2) is 8.42 Å². The molecule has 1 unspecified atom stereocenters. The fourth-order valence-electron chi connectivity index (χ4n) is 4.49. The molecule has 3 aromatic carbocycles. The molecule has 2 amide bonds. The first-order valence-corrected chi connectivity index (χ1v) is 15.6. The lowest BCUT2D eigenvalue weighted by molar-refractivity contribution is -0.140. The van der Waals surface area contributed by atoms with Crippen LogP contribution in [0.25, 0.3) is 0 Å². The number of carbonyl (C=O) groups is 2. The minimum Gasteiger partial charge on any atom is -0.354 e. The number of benzene rings is 3. The van der Waals surface area contributed by atoms with E-state index >= 15 is 0 Å². The van der Waals surface area contributed by atoms with Gasteiger partial charge in [-0.1, -0.05) is 85.6 Å². The summed E-state index contributed by atoms with van der Waals surface area (Å²) in [5, 5.41) is 3.39. The van der Waals surface area contributed by atoms with Crippen LogP contribution in [0.4, 0.5) is 5.69 Å². The van der Waals surface area contributed by atoms with Crippen LogP contribution in [0.15, 0.2) is 72.8 Å². The van der Waals surface area contributed by atoms with Gasteiger partial charge in [0, 0.05) is 24.5 Å². The van der Waals surface area contributed by atoms with Gasteiger partial charge in [0.05, 0.1) is 11.9 Å². The van der Waals surface area contributed by atoms with Gasteiger partial charge in [-0.2, -0.15) is 0 Å². The molecule has 1 N–H and O–H groups in total. The first-order valence-electron chi connectivity index (χ1n) is 13.4. The Bertz CT molecular complexity index is 1410. The van der Waals surface area contributed by atoms with E-state index in [0.29, 0.717) is 22.8 Å². The molecule has 0 radical (unpaired) electrons. The molecule has 0 bridgehead atoms. The molecular formula is C31H38ClN3O4S. The molecule has 1 atom stereocenters. The lowest BCUT2D eigenvalue weighted by Gasteiger charge is -2.34. The van der Waals surface area contributed by atoms with Crippen molar-refractivity contribution in [3.05, 3.63) is 100 Å². The Kier molecular flexibility index (Phi) is 11.2. The number of sulfonamides is 1. The molecule has 0 aliphatic heterocycles. The summed E-state index contributed by atoms with van der Waals surface area (Å²) < 4.78 is 27.0. The van der Waals surface area contributed by atoms with Gasteiger partial charge in [0.1, 0.15) is 12.6 Å². The normalized spacial score (nSPS) is 12.0. The highest BCUT2D eigenvalue weighted by molar-refractivity contribution is 7.92. The van der Waals surface area contributed by atoms with Crippen LogP contribution in [-0.2, 0) is 32.6 Å². The topological polar surface area (TPSA) is 86.8 Å². The number of amides is 2. The van der Waals surface area contributed by atoms with E-state index in [1.807, 2.05) is 68.4 Å². The largest absolute Gasteiger partial charge is 0.354 e. The Balaban J connectivity index is 2.07. The number of unbranched alkanes of at least 4 members (excludes halogenated alkanes) is 1. The van der Waals surface area contributed by atoms with E-state index in [4.69, 9.17) is 11.6 Å². The average molecular weight is 584 g/mol. The van der Waals surface area contributed by atoms with Gasteiger partial charge in [0.15, 0.2) is 0 Å². The Morgan fingerprint density at radius 1 is 0.950 bits per heavy atom. The van der Waals surface area contributed by atoms with Crippen LogP contribution >= 0.6 is 11.6 Å². The number of aryl methyl sites for hydroxylation is 1. The number of hydrogen-bond acceptors (Lipinski definition) is 4. The average Bonchev–Trinajstić information content (AvgIpc) is 2.92. The molecule has 214 valence electrons. The van der Waals surface area contributed by atoms with E-state index in [1.165, 1.54) is 4.90 Å². The molecule has 40 heavy (non-hydrogen) atoms. The predicted octanol–water partition coefficient (Wildman–Crippen LogP) is 5.28.